The molecule has 2 aromatic carbocycles. The molecule has 0 saturated heterocycles. The van der Waals surface area contributed by atoms with E-state index in [0.717, 1.165) is 6.07 Å². The number of nitrogens with zero attached hydrogens (tertiary/aromatic N) is 2. The summed E-state index contributed by atoms with van der Waals surface area (Å²) in [5.74, 6) is -0.514. The van der Waals surface area contributed by atoms with Crippen molar-refractivity contribution in [3.63, 3.8) is 0 Å². The van der Waals surface area contributed by atoms with Gasteiger partial charge in [-0.1, -0.05) is 18.2 Å². The van der Waals surface area contributed by atoms with Crippen LogP contribution in [0.4, 0.5) is 18.9 Å². The van der Waals surface area contributed by atoms with Crippen LogP contribution in [-0.4, -0.2) is 49.3 Å². The van der Waals surface area contributed by atoms with Crippen LogP contribution in [-0.2, 0) is 17.5 Å². The first kappa shape index (κ1) is 21.4. The van der Waals surface area contributed by atoms with Crippen LogP contribution in [0.25, 0.3) is 0 Å². The molecule has 150 valence electrons. The van der Waals surface area contributed by atoms with Crippen molar-refractivity contribution in [3.05, 3.63) is 65.2 Å². The van der Waals surface area contributed by atoms with Gasteiger partial charge in [-0.25, -0.2) is 0 Å². The molecule has 0 spiro atoms. The third-order valence-corrected chi connectivity index (χ3v) is 4.00. The van der Waals surface area contributed by atoms with E-state index in [1.165, 1.54) is 28.0 Å². The summed E-state index contributed by atoms with van der Waals surface area (Å²) < 4.78 is 39.2. The average molecular weight is 393 g/mol. The molecule has 0 aromatic heterocycles. The number of carbonyl (C=O) groups is 2. The first-order valence-electron chi connectivity index (χ1n) is 8.53. The summed E-state index contributed by atoms with van der Waals surface area (Å²) in [6.45, 7) is -0.0933. The van der Waals surface area contributed by atoms with Crippen molar-refractivity contribution in [2.45, 2.75) is 12.7 Å². The van der Waals surface area contributed by atoms with Crippen molar-refractivity contribution in [1.82, 2.24) is 9.80 Å². The summed E-state index contributed by atoms with van der Waals surface area (Å²) >= 11 is 0. The summed E-state index contributed by atoms with van der Waals surface area (Å²) in [6.07, 6.45) is -4.44. The number of nitrogens with one attached hydrogen (secondary N) is 1. The predicted octanol–water partition coefficient (Wildman–Crippen LogP) is 3.48. The van der Waals surface area contributed by atoms with Gasteiger partial charge in [0.25, 0.3) is 5.91 Å². The Labute approximate surface area is 161 Å². The minimum Gasteiger partial charge on any atom is -0.345 e. The zero-order chi connectivity index (χ0) is 20.9. The van der Waals surface area contributed by atoms with E-state index in [1.807, 2.05) is 0 Å². The number of carbonyl (C=O) groups excluding carboxylic acids is 2. The van der Waals surface area contributed by atoms with Gasteiger partial charge in [0.1, 0.15) is 0 Å². The number of amides is 2. The Balaban J connectivity index is 1.96. The van der Waals surface area contributed by atoms with Crippen LogP contribution in [0.5, 0.6) is 0 Å². The van der Waals surface area contributed by atoms with Gasteiger partial charge >= 0.3 is 6.18 Å². The maximum Gasteiger partial charge on any atom is 0.416 e. The summed E-state index contributed by atoms with van der Waals surface area (Å²) in [7, 11) is 4.86. The Bertz CT molecular complexity index is 833. The van der Waals surface area contributed by atoms with Gasteiger partial charge in [-0.2, -0.15) is 13.2 Å². The highest BCUT2D eigenvalue weighted by Crippen LogP contribution is 2.32. The molecular formula is C20H22F3N3O2. The van der Waals surface area contributed by atoms with Crippen LogP contribution in [0.15, 0.2) is 48.5 Å². The number of likely N-dealkylation sites (N-methyl/N-ethyl adjacent to an activating group) is 1. The van der Waals surface area contributed by atoms with Crippen molar-refractivity contribution < 1.29 is 22.8 Å². The van der Waals surface area contributed by atoms with Gasteiger partial charge in [-0.3, -0.25) is 14.5 Å². The number of alkyl halides is 3. The molecular weight excluding hydrogens is 371 g/mol. The molecule has 0 radical (unpaired) electrons. The van der Waals surface area contributed by atoms with E-state index in [2.05, 4.69) is 5.32 Å². The van der Waals surface area contributed by atoms with Gasteiger partial charge in [-0.05, 0) is 42.9 Å². The second kappa shape index (κ2) is 8.88. The van der Waals surface area contributed by atoms with E-state index in [9.17, 15) is 22.8 Å². The molecule has 8 heteroatoms. The van der Waals surface area contributed by atoms with Crippen LogP contribution in [0.1, 0.15) is 21.5 Å². The van der Waals surface area contributed by atoms with E-state index >= 15 is 0 Å². The smallest absolute Gasteiger partial charge is 0.345 e. The molecule has 0 heterocycles. The molecule has 0 atom stereocenters. The minimum atomic E-state index is -4.44. The maximum atomic E-state index is 13.1. The Morgan fingerprint density at radius 3 is 2.14 bits per heavy atom. The molecule has 2 amide bonds. The largest absolute Gasteiger partial charge is 0.416 e. The minimum absolute atomic E-state index is 0.0145. The van der Waals surface area contributed by atoms with E-state index in [-0.39, 0.29) is 30.5 Å². The molecule has 0 unspecified atom stereocenters. The third-order valence-electron chi connectivity index (χ3n) is 4.00. The van der Waals surface area contributed by atoms with E-state index in [4.69, 9.17) is 0 Å². The third kappa shape index (κ3) is 5.82. The molecule has 0 fully saturated rings. The Hall–Kier alpha value is -2.87. The quantitative estimate of drug-likeness (QED) is 0.818. The Morgan fingerprint density at radius 2 is 1.57 bits per heavy atom. The summed E-state index contributed by atoms with van der Waals surface area (Å²) in [6, 6.07) is 11.7. The molecule has 2 rings (SSSR count). The normalized spacial score (nSPS) is 11.4. The number of anilines is 1. The maximum absolute atomic E-state index is 13.1. The second-order valence-electron chi connectivity index (χ2n) is 6.65. The number of hydrogen-bond acceptors (Lipinski definition) is 3. The van der Waals surface area contributed by atoms with Gasteiger partial charge < -0.3 is 10.2 Å². The van der Waals surface area contributed by atoms with E-state index in [1.54, 1.807) is 45.4 Å². The standard InChI is InChI=1S/C20H22F3N3O2/c1-25(2)19(28)14-8-10-16(11-9-14)24-18(27)13-26(3)12-15-6-4-5-7-17(15)20(21,22)23/h4-11H,12-13H2,1-3H3,(H,24,27). The van der Waals surface area contributed by atoms with Gasteiger partial charge in [0, 0.05) is 31.9 Å². The summed E-state index contributed by atoms with van der Waals surface area (Å²) in [4.78, 5) is 27.0. The first-order valence-corrected chi connectivity index (χ1v) is 8.53. The lowest BCUT2D eigenvalue weighted by molar-refractivity contribution is -0.138. The highest BCUT2D eigenvalue weighted by molar-refractivity contribution is 5.96. The van der Waals surface area contributed by atoms with Crippen molar-refractivity contribution in [3.8, 4) is 0 Å². The number of hydrogen-bond donors (Lipinski definition) is 1. The van der Waals surface area contributed by atoms with Crippen LogP contribution in [0.3, 0.4) is 0 Å². The number of benzene rings is 2. The van der Waals surface area contributed by atoms with Crippen molar-refractivity contribution in [1.29, 1.82) is 0 Å². The summed E-state index contributed by atoms with van der Waals surface area (Å²) in [5.41, 5.74) is 0.397. The first-order chi connectivity index (χ1) is 13.1. The van der Waals surface area contributed by atoms with Gasteiger partial charge in [0.05, 0.1) is 12.1 Å². The zero-order valence-electron chi connectivity index (χ0n) is 15.9. The lowest BCUT2D eigenvalue weighted by Crippen LogP contribution is -2.30. The Kier molecular flexibility index (Phi) is 6.80. The number of rotatable bonds is 6. The molecule has 2 aromatic rings. The van der Waals surface area contributed by atoms with Gasteiger partial charge in [-0.15, -0.1) is 0 Å². The second-order valence-corrected chi connectivity index (χ2v) is 6.65. The molecule has 1 N–H and O–H groups in total. The molecule has 0 aliphatic carbocycles. The highest BCUT2D eigenvalue weighted by Gasteiger charge is 2.33. The molecule has 0 aliphatic rings. The highest BCUT2D eigenvalue weighted by atomic mass is 19.4. The van der Waals surface area contributed by atoms with Crippen LogP contribution in [0.2, 0.25) is 0 Å². The topological polar surface area (TPSA) is 52.7 Å². The van der Waals surface area contributed by atoms with Crippen molar-refractivity contribution >= 4 is 17.5 Å². The lowest BCUT2D eigenvalue weighted by atomic mass is 10.1. The van der Waals surface area contributed by atoms with Crippen LogP contribution in [0, 0.1) is 0 Å². The molecule has 28 heavy (non-hydrogen) atoms. The zero-order valence-corrected chi connectivity index (χ0v) is 15.9. The van der Waals surface area contributed by atoms with Gasteiger partial charge in [0.2, 0.25) is 5.91 Å². The SMILES string of the molecule is CN(CC(=O)Nc1ccc(C(=O)N(C)C)cc1)Cc1ccccc1C(F)(F)F. The van der Waals surface area contributed by atoms with Crippen molar-refractivity contribution in [2.75, 3.05) is 33.0 Å². The van der Waals surface area contributed by atoms with Gasteiger partial charge in [0.15, 0.2) is 0 Å². The van der Waals surface area contributed by atoms with Crippen LogP contribution >= 0.6 is 0 Å². The monoisotopic (exact) mass is 393 g/mol. The van der Waals surface area contributed by atoms with Crippen molar-refractivity contribution in [2.24, 2.45) is 0 Å². The van der Waals surface area contributed by atoms with E-state index < -0.39 is 11.7 Å². The fourth-order valence-corrected chi connectivity index (χ4v) is 2.68. The number of halogens is 3. The molecule has 5 nitrogen and oxygen atoms in total. The molecule has 0 bridgehead atoms. The average Bonchev–Trinajstić information content (AvgIpc) is 2.61. The van der Waals surface area contributed by atoms with Crippen LogP contribution < -0.4 is 5.32 Å². The fourth-order valence-electron chi connectivity index (χ4n) is 2.68. The fraction of sp³-hybridized carbons (Fsp3) is 0.300. The molecule has 0 saturated carbocycles. The van der Waals surface area contributed by atoms with E-state index in [0.29, 0.717) is 11.3 Å². The molecule has 0 aliphatic heterocycles. The predicted molar refractivity (Wildman–Crippen MR) is 101 cm³/mol. The summed E-state index contributed by atoms with van der Waals surface area (Å²) in [5, 5.41) is 2.67. The Morgan fingerprint density at radius 1 is 0.964 bits per heavy atom. The lowest BCUT2D eigenvalue weighted by Gasteiger charge is -2.19.